The normalized spacial score (nSPS) is 19.0. The van der Waals surface area contributed by atoms with E-state index >= 15 is 0 Å². The Morgan fingerprint density at radius 1 is 1.21 bits per heavy atom. The van der Waals surface area contributed by atoms with Crippen molar-refractivity contribution in [2.24, 2.45) is 11.8 Å². The first-order chi connectivity index (χ1) is 13.3. The summed E-state index contributed by atoms with van der Waals surface area (Å²) in [6.45, 7) is 5.72. The van der Waals surface area contributed by atoms with Crippen molar-refractivity contribution in [3.05, 3.63) is 23.8 Å². The van der Waals surface area contributed by atoms with Gasteiger partial charge >= 0.3 is 0 Å². The summed E-state index contributed by atoms with van der Waals surface area (Å²) in [5.41, 5.74) is 2.87. The Bertz CT molecular complexity index is 707. The van der Waals surface area contributed by atoms with Gasteiger partial charge in [0.15, 0.2) is 0 Å². The Morgan fingerprint density at radius 2 is 1.96 bits per heavy atom. The van der Waals surface area contributed by atoms with Gasteiger partial charge in [-0.1, -0.05) is 13.8 Å². The molecule has 1 atom stereocenters. The molecule has 3 rings (SSSR count). The zero-order chi connectivity index (χ0) is 20.3. The van der Waals surface area contributed by atoms with Crippen LogP contribution in [0.2, 0.25) is 0 Å². The summed E-state index contributed by atoms with van der Waals surface area (Å²) in [4.78, 5) is 29.0. The number of nitrogens with one attached hydrogen (secondary N) is 1. The van der Waals surface area contributed by atoms with Crippen LogP contribution in [-0.2, 0) is 20.9 Å². The molecule has 2 amide bonds. The molecule has 0 bridgehead atoms. The average Bonchev–Trinajstić information content (AvgIpc) is 3.37. The molecule has 1 saturated heterocycles. The molecule has 6 heteroatoms. The van der Waals surface area contributed by atoms with Gasteiger partial charge in [0.1, 0.15) is 0 Å². The van der Waals surface area contributed by atoms with Crippen LogP contribution in [0.15, 0.2) is 18.2 Å². The van der Waals surface area contributed by atoms with Gasteiger partial charge in [-0.3, -0.25) is 9.59 Å². The van der Waals surface area contributed by atoms with Crippen LogP contribution in [0.5, 0.6) is 0 Å². The smallest absolute Gasteiger partial charge is 0.226 e. The first-order valence-corrected chi connectivity index (χ1v) is 10.4. The summed E-state index contributed by atoms with van der Waals surface area (Å²) < 4.78 is 5.79. The summed E-state index contributed by atoms with van der Waals surface area (Å²) in [5, 5.41) is 2.97. The van der Waals surface area contributed by atoms with E-state index in [1.54, 1.807) is 0 Å². The summed E-state index contributed by atoms with van der Waals surface area (Å²) in [5.74, 6) is 0.322. The van der Waals surface area contributed by atoms with Crippen LogP contribution in [0, 0.1) is 11.8 Å². The number of rotatable bonds is 8. The zero-order valence-corrected chi connectivity index (χ0v) is 17.5. The lowest BCUT2D eigenvalue weighted by Crippen LogP contribution is -2.38. The maximum absolute atomic E-state index is 12.9. The van der Waals surface area contributed by atoms with Gasteiger partial charge < -0.3 is 19.9 Å². The van der Waals surface area contributed by atoms with E-state index in [1.807, 2.05) is 51.0 Å². The van der Waals surface area contributed by atoms with E-state index in [9.17, 15) is 9.59 Å². The lowest BCUT2D eigenvalue weighted by Gasteiger charge is -2.28. The van der Waals surface area contributed by atoms with E-state index in [2.05, 4.69) is 10.2 Å². The molecule has 1 unspecified atom stereocenters. The number of ether oxygens (including phenoxy) is 1. The molecule has 1 aliphatic carbocycles. The molecule has 0 radical (unpaired) electrons. The predicted octanol–water partition coefficient (Wildman–Crippen LogP) is 3.26. The van der Waals surface area contributed by atoms with Gasteiger partial charge in [0.05, 0.1) is 6.10 Å². The highest BCUT2D eigenvalue weighted by atomic mass is 16.5. The molecule has 1 aromatic rings. The SMILES string of the molecule is CC(C)C(=O)Nc1ccc(N(C)C)c(CN(CC2CCCO2)C(=O)C2CC2)c1. The van der Waals surface area contributed by atoms with Crippen molar-refractivity contribution in [1.29, 1.82) is 0 Å². The topological polar surface area (TPSA) is 61.9 Å². The van der Waals surface area contributed by atoms with E-state index in [-0.39, 0.29) is 29.8 Å². The fourth-order valence-corrected chi connectivity index (χ4v) is 3.57. The van der Waals surface area contributed by atoms with Crippen LogP contribution in [0.1, 0.15) is 45.1 Å². The number of carbonyl (C=O) groups excluding carboxylic acids is 2. The summed E-state index contributed by atoms with van der Waals surface area (Å²) in [6.07, 6.45) is 4.20. The van der Waals surface area contributed by atoms with Crippen molar-refractivity contribution < 1.29 is 14.3 Å². The number of hydrogen-bond donors (Lipinski definition) is 1. The van der Waals surface area contributed by atoms with Gasteiger partial charge in [0.25, 0.3) is 0 Å². The molecule has 6 nitrogen and oxygen atoms in total. The van der Waals surface area contributed by atoms with Gasteiger partial charge in [0.2, 0.25) is 11.8 Å². The quantitative estimate of drug-likeness (QED) is 0.744. The Morgan fingerprint density at radius 3 is 2.54 bits per heavy atom. The van der Waals surface area contributed by atoms with Crippen molar-refractivity contribution >= 4 is 23.2 Å². The number of anilines is 2. The van der Waals surface area contributed by atoms with Gasteiger partial charge in [-0.2, -0.15) is 0 Å². The van der Waals surface area contributed by atoms with Crippen molar-refractivity contribution in [1.82, 2.24) is 4.90 Å². The molecule has 28 heavy (non-hydrogen) atoms. The molecular formula is C22H33N3O3. The molecule has 1 heterocycles. The third kappa shape index (κ3) is 5.25. The summed E-state index contributed by atoms with van der Waals surface area (Å²) in [7, 11) is 4.00. The molecule has 1 N–H and O–H groups in total. The van der Waals surface area contributed by atoms with Gasteiger partial charge in [-0.15, -0.1) is 0 Å². The molecule has 2 fully saturated rings. The van der Waals surface area contributed by atoms with Crippen LogP contribution in [0.4, 0.5) is 11.4 Å². The minimum absolute atomic E-state index is 0.00572. The van der Waals surface area contributed by atoms with Crippen molar-refractivity contribution in [3.8, 4) is 0 Å². The maximum Gasteiger partial charge on any atom is 0.226 e. The largest absolute Gasteiger partial charge is 0.377 e. The molecule has 0 spiro atoms. The van der Waals surface area contributed by atoms with Crippen molar-refractivity contribution in [3.63, 3.8) is 0 Å². The standard InChI is InChI=1S/C22H33N3O3/c1-15(2)21(26)23-18-9-10-20(24(3)4)17(12-18)13-25(22(27)16-7-8-16)14-19-6-5-11-28-19/h9-10,12,15-16,19H,5-8,11,13-14H2,1-4H3,(H,23,26). The zero-order valence-electron chi connectivity index (χ0n) is 17.5. The Hall–Kier alpha value is -2.08. The van der Waals surface area contributed by atoms with E-state index in [1.165, 1.54) is 0 Å². The number of benzene rings is 1. The van der Waals surface area contributed by atoms with Crippen molar-refractivity contribution in [2.75, 3.05) is 37.5 Å². The molecule has 1 saturated carbocycles. The first kappa shape index (κ1) is 20.6. The van der Waals surface area contributed by atoms with E-state index in [0.29, 0.717) is 13.1 Å². The monoisotopic (exact) mass is 387 g/mol. The minimum atomic E-state index is -0.0792. The number of carbonyl (C=O) groups is 2. The first-order valence-electron chi connectivity index (χ1n) is 10.4. The number of amides is 2. The third-order valence-electron chi connectivity index (χ3n) is 5.40. The molecule has 154 valence electrons. The van der Waals surface area contributed by atoms with Crippen LogP contribution in [0.25, 0.3) is 0 Å². The van der Waals surface area contributed by atoms with E-state index in [0.717, 1.165) is 49.2 Å². The van der Waals surface area contributed by atoms with Crippen LogP contribution in [-0.4, -0.2) is 50.1 Å². The van der Waals surface area contributed by atoms with Gasteiger partial charge in [0, 0.05) is 57.0 Å². The van der Waals surface area contributed by atoms with E-state index in [4.69, 9.17) is 4.74 Å². The molecule has 1 aliphatic heterocycles. The maximum atomic E-state index is 12.9. The third-order valence-corrected chi connectivity index (χ3v) is 5.40. The van der Waals surface area contributed by atoms with Crippen LogP contribution in [0.3, 0.4) is 0 Å². The molecular weight excluding hydrogens is 354 g/mol. The van der Waals surface area contributed by atoms with Crippen molar-refractivity contribution in [2.45, 2.75) is 52.2 Å². The second-order valence-electron chi connectivity index (χ2n) is 8.51. The second kappa shape index (κ2) is 8.95. The van der Waals surface area contributed by atoms with Gasteiger partial charge in [-0.05, 0) is 49.4 Å². The Labute approximate surface area is 168 Å². The summed E-state index contributed by atoms with van der Waals surface area (Å²) >= 11 is 0. The number of hydrogen-bond acceptors (Lipinski definition) is 4. The number of nitrogens with zero attached hydrogens (tertiary/aromatic N) is 2. The highest BCUT2D eigenvalue weighted by Crippen LogP contribution is 2.33. The Balaban J connectivity index is 1.82. The second-order valence-corrected chi connectivity index (χ2v) is 8.51. The van der Waals surface area contributed by atoms with E-state index < -0.39 is 0 Å². The Kier molecular flexibility index (Phi) is 6.60. The summed E-state index contributed by atoms with van der Waals surface area (Å²) in [6, 6.07) is 5.93. The fourth-order valence-electron chi connectivity index (χ4n) is 3.57. The fraction of sp³-hybridized carbons (Fsp3) is 0.636. The molecule has 1 aromatic carbocycles. The highest BCUT2D eigenvalue weighted by molar-refractivity contribution is 5.92. The lowest BCUT2D eigenvalue weighted by molar-refractivity contribution is -0.134. The lowest BCUT2D eigenvalue weighted by atomic mass is 10.1. The highest BCUT2D eigenvalue weighted by Gasteiger charge is 2.35. The predicted molar refractivity (Wildman–Crippen MR) is 111 cm³/mol. The van der Waals surface area contributed by atoms with Crippen LogP contribution < -0.4 is 10.2 Å². The molecule has 2 aliphatic rings. The minimum Gasteiger partial charge on any atom is -0.377 e. The average molecular weight is 388 g/mol. The van der Waals surface area contributed by atoms with Crippen LogP contribution >= 0.6 is 0 Å². The molecule has 0 aromatic heterocycles. The van der Waals surface area contributed by atoms with Gasteiger partial charge in [-0.25, -0.2) is 0 Å².